The van der Waals surface area contributed by atoms with Crippen LogP contribution in [0, 0.1) is 5.92 Å². The van der Waals surface area contributed by atoms with Gasteiger partial charge in [0, 0.05) is 5.69 Å². The zero-order valence-electron chi connectivity index (χ0n) is 8.90. The predicted molar refractivity (Wildman–Crippen MR) is 59.9 cm³/mol. The molecule has 2 nitrogen and oxygen atoms in total. The average molecular weight is 193 g/mol. The highest BCUT2D eigenvalue weighted by Crippen LogP contribution is 2.21. The predicted octanol–water partition coefficient (Wildman–Crippen LogP) is 2.74. The maximum Gasteiger partial charge on any atom is 0.0790 e. The van der Waals surface area contributed by atoms with Crippen molar-refractivity contribution in [1.82, 2.24) is 0 Å². The van der Waals surface area contributed by atoms with Gasteiger partial charge in [0.05, 0.1) is 6.10 Å². The number of benzene rings is 1. The minimum atomic E-state index is -0.349. The first kappa shape index (κ1) is 11.1. The van der Waals surface area contributed by atoms with Gasteiger partial charge in [-0.15, -0.1) is 0 Å². The number of rotatable bonds is 4. The fourth-order valence-electron chi connectivity index (χ4n) is 1.38. The van der Waals surface area contributed by atoms with Gasteiger partial charge in [0.1, 0.15) is 0 Å². The van der Waals surface area contributed by atoms with Crippen LogP contribution in [0.3, 0.4) is 0 Å². The molecule has 1 atom stereocenters. The smallest absolute Gasteiger partial charge is 0.0790 e. The highest BCUT2D eigenvalue weighted by atomic mass is 16.3. The zero-order valence-corrected chi connectivity index (χ0v) is 8.90. The zero-order chi connectivity index (χ0) is 10.6. The van der Waals surface area contributed by atoms with Gasteiger partial charge in [0.25, 0.3) is 0 Å². The third-order valence-electron chi connectivity index (χ3n) is 2.34. The molecule has 1 rings (SSSR count). The summed E-state index contributed by atoms with van der Waals surface area (Å²) in [5, 5.41) is 9.82. The van der Waals surface area contributed by atoms with Gasteiger partial charge in [-0.05, 0) is 36.5 Å². The molecule has 0 aromatic heterocycles. The minimum Gasteiger partial charge on any atom is -0.399 e. The first-order valence-electron chi connectivity index (χ1n) is 5.13. The molecule has 3 N–H and O–H groups in total. The van der Waals surface area contributed by atoms with Crippen molar-refractivity contribution < 1.29 is 5.11 Å². The number of anilines is 1. The number of nitrogen functional groups attached to an aromatic ring is 1. The van der Waals surface area contributed by atoms with Gasteiger partial charge in [-0.2, -0.15) is 0 Å². The minimum absolute atomic E-state index is 0.349. The molecule has 0 saturated carbocycles. The fourth-order valence-corrected chi connectivity index (χ4v) is 1.38. The van der Waals surface area contributed by atoms with Gasteiger partial charge in [-0.25, -0.2) is 0 Å². The summed E-state index contributed by atoms with van der Waals surface area (Å²) in [5.74, 6) is 0.637. The Morgan fingerprint density at radius 1 is 1.14 bits per heavy atom. The van der Waals surface area contributed by atoms with Gasteiger partial charge in [-0.1, -0.05) is 26.0 Å². The maximum atomic E-state index is 9.82. The number of aliphatic hydroxyl groups is 1. The van der Waals surface area contributed by atoms with E-state index in [2.05, 4.69) is 13.8 Å². The molecule has 0 bridgehead atoms. The molecular formula is C12H19NO. The quantitative estimate of drug-likeness (QED) is 0.722. The van der Waals surface area contributed by atoms with Crippen molar-refractivity contribution in [3.8, 4) is 0 Å². The molecule has 0 aliphatic rings. The standard InChI is InChI=1S/C12H19NO/c1-9(2)3-8-12(14)10-4-6-11(13)7-5-10/h4-7,9,12,14H,3,8,13H2,1-2H3. The largest absolute Gasteiger partial charge is 0.399 e. The van der Waals surface area contributed by atoms with E-state index in [1.54, 1.807) is 0 Å². The molecular weight excluding hydrogens is 174 g/mol. The van der Waals surface area contributed by atoms with E-state index in [9.17, 15) is 5.11 Å². The number of nitrogens with two attached hydrogens (primary N) is 1. The van der Waals surface area contributed by atoms with Crippen molar-refractivity contribution in [2.24, 2.45) is 5.92 Å². The summed E-state index contributed by atoms with van der Waals surface area (Å²) in [4.78, 5) is 0. The molecule has 0 aliphatic carbocycles. The van der Waals surface area contributed by atoms with Crippen LogP contribution in [-0.4, -0.2) is 5.11 Å². The van der Waals surface area contributed by atoms with E-state index in [1.165, 1.54) is 0 Å². The molecule has 0 heterocycles. The Hall–Kier alpha value is -1.02. The molecule has 1 aromatic rings. The molecule has 0 aliphatic heterocycles. The van der Waals surface area contributed by atoms with Crippen LogP contribution in [0.4, 0.5) is 5.69 Å². The Bertz CT molecular complexity index is 266. The fraction of sp³-hybridized carbons (Fsp3) is 0.500. The molecule has 0 amide bonds. The highest BCUT2D eigenvalue weighted by Gasteiger charge is 2.07. The molecule has 0 spiro atoms. The molecule has 1 aromatic carbocycles. The topological polar surface area (TPSA) is 46.2 Å². The molecule has 2 heteroatoms. The molecule has 0 fully saturated rings. The second-order valence-corrected chi connectivity index (χ2v) is 4.15. The first-order valence-corrected chi connectivity index (χ1v) is 5.13. The molecule has 1 unspecified atom stereocenters. The lowest BCUT2D eigenvalue weighted by Gasteiger charge is -2.12. The van der Waals surface area contributed by atoms with Crippen LogP contribution in [0.15, 0.2) is 24.3 Å². The second-order valence-electron chi connectivity index (χ2n) is 4.15. The summed E-state index contributed by atoms with van der Waals surface area (Å²) < 4.78 is 0. The van der Waals surface area contributed by atoms with E-state index in [0.29, 0.717) is 5.92 Å². The summed E-state index contributed by atoms with van der Waals surface area (Å²) in [6, 6.07) is 7.43. The van der Waals surface area contributed by atoms with Crippen molar-refractivity contribution in [1.29, 1.82) is 0 Å². The summed E-state index contributed by atoms with van der Waals surface area (Å²) in [5.41, 5.74) is 7.27. The third kappa shape index (κ3) is 3.38. The van der Waals surface area contributed by atoms with E-state index in [1.807, 2.05) is 24.3 Å². The van der Waals surface area contributed by atoms with Crippen LogP contribution in [0.25, 0.3) is 0 Å². The first-order chi connectivity index (χ1) is 6.59. The second kappa shape index (κ2) is 5.01. The summed E-state index contributed by atoms with van der Waals surface area (Å²) in [7, 11) is 0. The monoisotopic (exact) mass is 193 g/mol. The van der Waals surface area contributed by atoms with Gasteiger partial charge in [0.2, 0.25) is 0 Å². The van der Waals surface area contributed by atoms with Crippen molar-refractivity contribution in [2.75, 3.05) is 5.73 Å². The number of hydrogen-bond donors (Lipinski definition) is 2. The lowest BCUT2D eigenvalue weighted by Crippen LogP contribution is -2.00. The lowest BCUT2D eigenvalue weighted by atomic mass is 10.00. The van der Waals surface area contributed by atoms with Crippen LogP contribution in [0.1, 0.15) is 38.4 Å². The average Bonchev–Trinajstić information content (AvgIpc) is 2.15. The van der Waals surface area contributed by atoms with E-state index < -0.39 is 0 Å². The van der Waals surface area contributed by atoms with Crippen LogP contribution >= 0.6 is 0 Å². The Morgan fingerprint density at radius 3 is 2.21 bits per heavy atom. The Morgan fingerprint density at radius 2 is 1.71 bits per heavy atom. The van der Waals surface area contributed by atoms with Gasteiger partial charge >= 0.3 is 0 Å². The lowest BCUT2D eigenvalue weighted by molar-refractivity contribution is 0.159. The van der Waals surface area contributed by atoms with E-state index in [0.717, 1.165) is 24.1 Å². The van der Waals surface area contributed by atoms with Crippen LogP contribution in [-0.2, 0) is 0 Å². The molecule has 0 radical (unpaired) electrons. The van der Waals surface area contributed by atoms with Crippen molar-refractivity contribution in [3.63, 3.8) is 0 Å². The molecule has 14 heavy (non-hydrogen) atoms. The van der Waals surface area contributed by atoms with Crippen LogP contribution < -0.4 is 5.73 Å². The van der Waals surface area contributed by atoms with Gasteiger partial charge < -0.3 is 10.8 Å². The third-order valence-corrected chi connectivity index (χ3v) is 2.34. The SMILES string of the molecule is CC(C)CCC(O)c1ccc(N)cc1. The van der Waals surface area contributed by atoms with Crippen LogP contribution in [0.5, 0.6) is 0 Å². The number of aliphatic hydroxyl groups excluding tert-OH is 1. The summed E-state index contributed by atoms with van der Waals surface area (Å²) in [6.07, 6.45) is 1.52. The van der Waals surface area contributed by atoms with E-state index >= 15 is 0 Å². The number of hydrogen-bond acceptors (Lipinski definition) is 2. The van der Waals surface area contributed by atoms with Crippen molar-refractivity contribution in [2.45, 2.75) is 32.8 Å². The summed E-state index contributed by atoms with van der Waals surface area (Å²) >= 11 is 0. The van der Waals surface area contributed by atoms with Gasteiger partial charge in [-0.3, -0.25) is 0 Å². The van der Waals surface area contributed by atoms with Crippen molar-refractivity contribution in [3.05, 3.63) is 29.8 Å². The van der Waals surface area contributed by atoms with E-state index in [4.69, 9.17) is 5.73 Å². The Labute approximate surface area is 85.8 Å². The highest BCUT2D eigenvalue weighted by molar-refractivity contribution is 5.39. The maximum absolute atomic E-state index is 9.82. The Balaban J connectivity index is 2.52. The molecule has 0 saturated heterocycles. The normalized spacial score (nSPS) is 13.1. The van der Waals surface area contributed by atoms with E-state index in [-0.39, 0.29) is 6.10 Å². The Kier molecular flexibility index (Phi) is 3.96. The summed E-state index contributed by atoms with van der Waals surface area (Å²) in [6.45, 7) is 4.32. The van der Waals surface area contributed by atoms with Crippen LogP contribution in [0.2, 0.25) is 0 Å². The van der Waals surface area contributed by atoms with Crippen molar-refractivity contribution >= 4 is 5.69 Å². The van der Waals surface area contributed by atoms with Gasteiger partial charge in [0.15, 0.2) is 0 Å². The molecule has 78 valence electrons.